The van der Waals surface area contributed by atoms with Crippen molar-refractivity contribution >= 4 is 22.6 Å². The Morgan fingerprint density at radius 1 is 0.875 bits per heavy atom. The van der Waals surface area contributed by atoms with Crippen molar-refractivity contribution in [1.82, 2.24) is 5.32 Å². The quantitative estimate of drug-likeness (QED) is 0.412. The first-order chi connectivity index (χ1) is 7.93. The second kappa shape index (κ2) is 10.1. The van der Waals surface area contributed by atoms with Crippen LogP contribution in [0, 0.1) is 0 Å². The third-order valence-electron chi connectivity index (χ3n) is 2.67. The molecule has 1 rings (SSSR count). The minimum absolute atomic E-state index is 1.11. The fraction of sp³-hybridized carbons (Fsp3) is 0.571. The summed E-state index contributed by atoms with van der Waals surface area (Å²) in [7, 11) is 0. The van der Waals surface area contributed by atoms with E-state index in [-0.39, 0.29) is 0 Å². The highest BCUT2D eigenvalue weighted by Gasteiger charge is 1.92. The number of halogens is 1. The Bertz CT molecular complexity index is 248. The van der Waals surface area contributed by atoms with Crippen molar-refractivity contribution in [1.29, 1.82) is 0 Å². The molecule has 1 aromatic rings. The second-order valence-corrected chi connectivity index (χ2v) is 5.17. The molecule has 1 nitrogen and oxygen atoms in total. The van der Waals surface area contributed by atoms with E-state index in [1.807, 2.05) is 0 Å². The molecule has 0 aromatic heterocycles. The highest BCUT2D eigenvalue weighted by Crippen LogP contribution is 2.01. The van der Waals surface area contributed by atoms with E-state index in [4.69, 9.17) is 0 Å². The van der Waals surface area contributed by atoms with Gasteiger partial charge in [-0.3, -0.25) is 0 Å². The maximum atomic E-state index is 3.51. The van der Waals surface area contributed by atoms with Crippen LogP contribution in [0.1, 0.15) is 31.2 Å². The summed E-state index contributed by atoms with van der Waals surface area (Å²) in [5.41, 5.74) is 1.43. The van der Waals surface area contributed by atoms with Gasteiger partial charge in [-0.25, -0.2) is 0 Å². The average Bonchev–Trinajstić information content (AvgIpc) is 2.34. The number of rotatable bonds is 9. The molecule has 0 aliphatic carbocycles. The Labute approximate surface area is 113 Å². The molecule has 0 aliphatic rings. The molecule has 2 heteroatoms. The van der Waals surface area contributed by atoms with Crippen LogP contribution in [-0.2, 0) is 6.42 Å². The van der Waals surface area contributed by atoms with E-state index in [1.165, 1.54) is 42.2 Å². The van der Waals surface area contributed by atoms with Gasteiger partial charge in [-0.2, -0.15) is 0 Å². The van der Waals surface area contributed by atoms with Crippen LogP contribution in [0.15, 0.2) is 30.3 Å². The molecule has 16 heavy (non-hydrogen) atoms. The van der Waals surface area contributed by atoms with Crippen molar-refractivity contribution in [3.63, 3.8) is 0 Å². The molecule has 0 unspecified atom stereocenters. The zero-order chi connectivity index (χ0) is 11.5. The number of alkyl halides is 1. The van der Waals surface area contributed by atoms with Crippen molar-refractivity contribution in [2.75, 3.05) is 17.5 Å². The van der Waals surface area contributed by atoms with Crippen molar-refractivity contribution in [2.24, 2.45) is 0 Å². The van der Waals surface area contributed by atoms with E-state index in [0.29, 0.717) is 0 Å². The molecule has 1 aromatic carbocycles. The number of hydrogen-bond acceptors (Lipinski definition) is 1. The first-order valence-electron chi connectivity index (χ1n) is 6.24. The van der Waals surface area contributed by atoms with E-state index in [9.17, 15) is 0 Å². The minimum Gasteiger partial charge on any atom is -0.316 e. The van der Waals surface area contributed by atoms with Crippen LogP contribution in [0.3, 0.4) is 0 Å². The van der Waals surface area contributed by atoms with Gasteiger partial charge in [0.15, 0.2) is 0 Å². The van der Waals surface area contributed by atoms with Gasteiger partial charge in [0, 0.05) is 0 Å². The molecule has 0 spiro atoms. The summed E-state index contributed by atoms with van der Waals surface area (Å²) < 4.78 is 1.30. The molecule has 0 radical (unpaired) electrons. The summed E-state index contributed by atoms with van der Waals surface area (Å²) in [5, 5.41) is 3.51. The SMILES string of the molecule is ICCCCCCNCCc1ccccc1. The van der Waals surface area contributed by atoms with Crippen LogP contribution in [0.4, 0.5) is 0 Å². The molecule has 0 heterocycles. The highest BCUT2D eigenvalue weighted by atomic mass is 127. The number of nitrogens with one attached hydrogen (secondary N) is 1. The van der Waals surface area contributed by atoms with Crippen molar-refractivity contribution in [2.45, 2.75) is 32.1 Å². The van der Waals surface area contributed by atoms with Gasteiger partial charge in [-0.15, -0.1) is 0 Å². The van der Waals surface area contributed by atoms with Crippen molar-refractivity contribution < 1.29 is 0 Å². The van der Waals surface area contributed by atoms with Crippen LogP contribution in [0.2, 0.25) is 0 Å². The molecule has 0 saturated heterocycles. The maximum absolute atomic E-state index is 3.51. The summed E-state index contributed by atoms with van der Waals surface area (Å²) in [6.07, 6.45) is 6.62. The van der Waals surface area contributed by atoms with Crippen LogP contribution in [0.25, 0.3) is 0 Å². The van der Waals surface area contributed by atoms with E-state index in [1.54, 1.807) is 0 Å². The Kier molecular flexibility index (Phi) is 8.81. The lowest BCUT2D eigenvalue weighted by Gasteiger charge is -2.04. The minimum atomic E-state index is 1.11. The van der Waals surface area contributed by atoms with Gasteiger partial charge >= 0.3 is 0 Å². The highest BCUT2D eigenvalue weighted by molar-refractivity contribution is 14.1. The fourth-order valence-electron chi connectivity index (χ4n) is 1.70. The largest absolute Gasteiger partial charge is 0.316 e. The number of benzene rings is 1. The molecule has 90 valence electrons. The molecule has 0 saturated carbocycles. The number of unbranched alkanes of at least 4 members (excludes halogenated alkanes) is 3. The van der Waals surface area contributed by atoms with Gasteiger partial charge in [0.2, 0.25) is 0 Å². The molecular formula is C14H22IN. The lowest BCUT2D eigenvalue weighted by atomic mass is 10.1. The first kappa shape index (κ1) is 14.0. The zero-order valence-corrected chi connectivity index (χ0v) is 12.1. The third-order valence-corrected chi connectivity index (χ3v) is 3.43. The van der Waals surface area contributed by atoms with Gasteiger partial charge in [0.05, 0.1) is 0 Å². The first-order valence-corrected chi connectivity index (χ1v) is 7.76. The van der Waals surface area contributed by atoms with Gasteiger partial charge in [-0.1, -0.05) is 65.8 Å². The zero-order valence-electron chi connectivity index (χ0n) is 9.92. The summed E-state index contributed by atoms with van der Waals surface area (Å²) in [4.78, 5) is 0. The molecular weight excluding hydrogens is 309 g/mol. The lowest BCUT2D eigenvalue weighted by Crippen LogP contribution is -2.18. The van der Waals surface area contributed by atoms with E-state index in [2.05, 4.69) is 58.2 Å². The smallest absolute Gasteiger partial charge is 0.000473 e. The Morgan fingerprint density at radius 2 is 1.62 bits per heavy atom. The monoisotopic (exact) mass is 331 g/mol. The van der Waals surface area contributed by atoms with Gasteiger partial charge in [0.25, 0.3) is 0 Å². The Hall–Kier alpha value is -0.0900. The fourth-order valence-corrected chi connectivity index (χ4v) is 2.24. The predicted molar refractivity (Wildman–Crippen MR) is 80.4 cm³/mol. The Balaban J connectivity index is 1.89. The van der Waals surface area contributed by atoms with Gasteiger partial charge in [0.1, 0.15) is 0 Å². The summed E-state index contributed by atoms with van der Waals surface area (Å²) in [6, 6.07) is 10.7. The van der Waals surface area contributed by atoms with Gasteiger partial charge < -0.3 is 5.32 Å². The van der Waals surface area contributed by atoms with E-state index in [0.717, 1.165) is 13.0 Å². The summed E-state index contributed by atoms with van der Waals surface area (Å²) >= 11 is 2.45. The van der Waals surface area contributed by atoms with Crippen LogP contribution >= 0.6 is 22.6 Å². The van der Waals surface area contributed by atoms with Gasteiger partial charge in [-0.05, 0) is 42.3 Å². The van der Waals surface area contributed by atoms with Crippen LogP contribution in [-0.4, -0.2) is 17.5 Å². The normalized spacial score (nSPS) is 10.6. The number of hydrogen-bond donors (Lipinski definition) is 1. The topological polar surface area (TPSA) is 12.0 Å². The average molecular weight is 331 g/mol. The summed E-state index contributed by atoms with van der Waals surface area (Å²) in [5.74, 6) is 0. The molecule has 0 amide bonds. The summed E-state index contributed by atoms with van der Waals surface area (Å²) in [6.45, 7) is 2.28. The lowest BCUT2D eigenvalue weighted by molar-refractivity contribution is 0.601. The predicted octanol–water partition coefficient (Wildman–Crippen LogP) is 3.81. The molecule has 0 aliphatic heterocycles. The maximum Gasteiger partial charge on any atom is -0.000473 e. The van der Waals surface area contributed by atoms with Crippen molar-refractivity contribution in [3.8, 4) is 0 Å². The molecule has 1 N–H and O–H groups in total. The van der Waals surface area contributed by atoms with E-state index < -0.39 is 0 Å². The molecule has 0 atom stereocenters. The molecule has 0 fully saturated rings. The second-order valence-electron chi connectivity index (χ2n) is 4.09. The van der Waals surface area contributed by atoms with E-state index >= 15 is 0 Å². The van der Waals surface area contributed by atoms with Crippen LogP contribution < -0.4 is 5.32 Å². The Morgan fingerprint density at radius 3 is 2.38 bits per heavy atom. The standard InChI is InChI=1S/C14H22IN/c15-11-6-1-2-7-12-16-13-10-14-8-4-3-5-9-14/h3-5,8-9,16H,1-2,6-7,10-13H2. The third kappa shape index (κ3) is 7.23. The van der Waals surface area contributed by atoms with Crippen LogP contribution in [0.5, 0.6) is 0 Å². The van der Waals surface area contributed by atoms with Crippen molar-refractivity contribution in [3.05, 3.63) is 35.9 Å². The molecule has 0 bridgehead atoms.